The maximum Gasteiger partial charge on any atom is 0.233 e. The van der Waals surface area contributed by atoms with Crippen LogP contribution < -0.4 is 25.4 Å². The molecule has 2 aromatic carbocycles. The first-order chi connectivity index (χ1) is 17.3. The fourth-order valence-electron chi connectivity index (χ4n) is 3.73. The van der Waals surface area contributed by atoms with Gasteiger partial charge in [-0.3, -0.25) is 0 Å². The summed E-state index contributed by atoms with van der Waals surface area (Å²) in [7, 11) is -1.97. The summed E-state index contributed by atoms with van der Waals surface area (Å²) < 4.78 is 37.2. The van der Waals surface area contributed by atoms with Crippen LogP contribution >= 0.6 is 11.6 Å². The van der Waals surface area contributed by atoms with Crippen molar-refractivity contribution in [3.05, 3.63) is 47.7 Å². The Morgan fingerprint density at radius 2 is 1.67 bits per heavy atom. The molecule has 0 bridgehead atoms. The molecule has 1 aromatic heterocycles. The van der Waals surface area contributed by atoms with Crippen LogP contribution in [0, 0.1) is 0 Å². The van der Waals surface area contributed by atoms with E-state index in [1.807, 2.05) is 12.1 Å². The summed E-state index contributed by atoms with van der Waals surface area (Å²) in [5.74, 6) is 1.50. The van der Waals surface area contributed by atoms with Gasteiger partial charge < -0.3 is 25.4 Å². The number of aromatic nitrogens is 3. The Morgan fingerprint density at radius 3 is 2.33 bits per heavy atom. The molecule has 0 atom stereocenters. The zero-order valence-electron chi connectivity index (χ0n) is 20.3. The molecule has 1 aliphatic rings. The highest BCUT2D eigenvalue weighted by molar-refractivity contribution is 7.92. The first kappa shape index (κ1) is 25.9. The molecule has 1 aliphatic heterocycles. The van der Waals surface area contributed by atoms with Gasteiger partial charge in [0.1, 0.15) is 17.6 Å². The lowest BCUT2D eigenvalue weighted by Gasteiger charge is -2.24. The number of sulfone groups is 1. The van der Waals surface area contributed by atoms with E-state index in [0.29, 0.717) is 22.9 Å². The normalized spacial score (nSPS) is 14.5. The van der Waals surface area contributed by atoms with Crippen LogP contribution in [0.2, 0.25) is 5.28 Å². The maximum atomic E-state index is 12.8. The Kier molecular flexibility index (Phi) is 8.12. The number of benzene rings is 2. The highest BCUT2D eigenvalue weighted by Crippen LogP contribution is 2.33. The molecular weight excluding hydrogens is 504 g/mol. The van der Waals surface area contributed by atoms with E-state index in [4.69, 9.17) is 21.1 Å². The second kappa shape index (κ2) is 11.3. The van der Waals surface area contributed by atoms with Gasteiger partial charge in [-0.2, -0.15) is 15.0 Å². The van der Waals surface area contributed by atoms with Gasteiger partial charge >= 0.3 is 0 Å². The van der Waals surface area contributed by atoms with Crippen LogP contribution in [0.3, 0.4) is 0 Å². The van der Waals surface area contributed by atoms with Gasteiger partial charge in [-0.05, 0) is 75.6 Å². The molecule has 0 aliphatic carbocycles. The molecule has 10 nitrogen and oxygen atoms in total. The Balaban J connectivity index is 1.56. The molecule has 2 heterocycles. The van der Waals surface area contributed by atoms with Gasteiger partial charge in [0.2, 0.25) is 17.2 Å². The van der Waals surface area contributed by atoms with Crippen molar-refractivity contribution in [2.24, 2.45) is 0 Å². The first-order valence-corrected chi connectivity index (χ1v) is 13.5. The van der Waals surface area contributed by atoms with Gasteiger partial charge in [0.25, 0.3) is 0 Å². The summed E-state index contributed by atoms with van der Waals surface area (Å²) in [5, 5.41) is 8.72. The minimum atomic E-state index is -3.53. The average molecular weight is 533 g/mol. The number of ether oxygens (including phenoxy) is 2. The predicted octanol–water partition coefficient (Wildman–Crippen LogP) is 4.33. The predicted molar refractivity (Wildman–Crippen MR) is 140 cm³/mol. The highest BCUT2D eigenvalue weighted by Gasteiger charge is 2.23. The van der Waals surface area contributed by atoms with Gasteiger partial charge in [-0.25, -0.2) is 8.42 Å². The van der Waals surface area contributed by atoms with Gasteiger partial charge in [0, 0.05) is 6.07 Å². The van der Waals surface area contributed by atoms with Gasteiger partial charge in [0.05, 0.1) is 28.6 Å². The van der Waals surface area contributed by atoms with Crippen molar-refractivity contribution in [2.75, 3.05) is 30.8 Å². The van der Waals surface area contributed by atoms with E-state index in [9.17, 15) is 8.42 Å². The van der Waals surface area contributed by atoms with E-state index in [1.54, 1.807) is 45.2 Å². The second-order valence-corrected chi connectivity index (χ2v) is 11.3. The third-order valence-corrected chi connectivity index (χ3v) is 8.06. The van der Waals surface area contributed by atoms with Gasteiger partial charge in [-0.1, -0.05) is 12.1 Å². The Hall–Kier alpha value is -3.15. The molecule has 0 saturated carbocycles. The van der Waals surface area contributed by atoms with Gasteiger partial charge in [0.15, 0.2) is 9.84 Å². The van der Waals surface area contributed by atoms with Crippen molar-refractivity contribution in [1.29, 1.82) is 0 Å². The van der Waals surface area contributed by atoms with Crippen molar-refractivity contribution in [1.82, 2.24) is 20.3 Å². The van der Waals surface area contributed by atoms with E-state index < -0.39 is 15.1 Å². The summed E-state index contributed by atoms with van der Waals surface area (Å²) in [6.45, 7) is 5.13. The van der Waals surface area contributed by atoms with Gasteiger partial charge in [-0.15, -0.1) is 0 Å². The van der Waals surface area contributed by atoms with Crippen LogP contribution in [-0.2, 0) is 9.84 Å². The third kappa shape index (κ3) is 6.15. The number of hydrogen-bond acceptors (Lipinski definition) is 10. The molecule has 0 unspecified atom stereocenters. The molecule has 1 fully saturated rings. The number of nitrogens with one attached hydrogen (secondary N) is 3. The molecule has 3 aromatic rings. The maximum absolute atomic E-state index is 12.8. The molecule has 0 radical (unpaired) electrons. The summed E-state index contributed by atoms with van der Waals surface area (Å²) in [4.78, 5) is 12.8. The monoisotopic (exact) mass is 532 g/mol. The van der Waals surface area contributed by atoms with E-state index in [1.165, 1.54) is 6.07 Å². The van der Waals surface area contributed by atoms with Crippen LogP contribution in [0.25, 0.3) is 0 Å². The number of piperidine rings is 1. The Bertz CT molecular complexity index is 1320. The molecule has 1 saturated heterocycles. The molecule has 0 spiro atoms. The summed E-state index contributed by atoms with van der Waals surface area (Å²) in [5.41, 5.74) is 0.947. The lowest BCUT2D eigenvalue weighted by molar-refractivity contribution is 0.162. The molecular formula is C24H29ClN6O4S. The van der Waals surface area contributed by atoms with E-state index >= 15 is 0 Å². The van der Waals surface area contributed by atoms with Crippen molar-refractivity contribution in [3.8, 4) is 11.5 Å². The molecule has 192 valence electrons. The van der Waals surface area contributed by atoms with E-state index in [-0.39, 0.29) is 28.2 Å². The fourth-order valence-corrected chi connectivity index (χ4v) is 5.09. The van der Waals surface area contributed by atoms with Crippen LogP contribution in [0.1, 0.15) is 26.7 Å². The Morgan fingerprint density at radius 1 is 1.00 bits per heavy atom. The van der Waals surface area contributed by atoms with Crippen molar-refractivity contribution >= 4 is 44.7 Å². The van der Waals surface area contributed by atoms with Crippen molar-refractivity contribution in [2.45, 2.75) is 42.9 Å². The molecule has 0 amide bonds. The summed E-state index contributed by atoms with van der Waals surface area (Å²) in [6.07, 6.45) is 2.06. The summed E-state index contributed by atoms with van der Waals surface area (Å²) >= 11 is 6.15. The van der Waals surface area contributed by atoms with Crippen molar-refractivity contribution < 1.29 is 17.9 Å². The van der Waals surface area contributed by atoms with Crippen LogP contribution in [0.5, 0.6) is 11.5 Å². The SMILES string of the molecule is COc1cc(OC2CCNCC2)ccc1Nc1nc(Cl)nc(Nc2ccccc2S(=O)(=O)C(C)C)n1. The number of para-hydroxylation sites is 1. The minimum absolute atomic E-state index is 0.0657. The standard InChI is InChI=1S/C24H29ClN6O4S/c1-15(2)36(32,33)21-7-5-4-6-19(21)28-24-30-22(25)29-23(31-24)27-18-9-8-17(14-20(18)34-3)35-16-10-12-26-13-11-16/h4-9,14-16,26H,10-13H2,1-3H3,(H2,27,28,29,30,31). The number of anilines is 4. The number of methoxy groups -OCH3 is 1. The first-order valence-electron chi connectivity index (χ1n) is 11.6. The fraction of sp³-hybridized carbons (Fsp3) is 0.375. The van der Waals surface area contributed by atoms with Crippen LogP contribution in [-0.4, -0.2) is 54.9 Å². The quantitative estimate of drug-likeness (QED) is 0.366. The summed E-state index contributed by atoms with van der Waals surface area (Å²) in [6, 6.07) is 12.0. The van der Waals surface area contributed by atoms with E-state index in [0.717, 1.165) is 25.9 Å². The molecule has 12 heteroatoms. The highest BCUT2D eigenvalue weighted by atomic mass is 35.5. The van der Waals surface area contributed by atoms with Crippen molar-refractivity contribution in [3.63, 3.8) is 0 Å². The Labute approximate surface area is 215 Å². The van der Waals surface area contributed by atoms with Crippen LogP contribution in [0.15, 0.2) is 47.4 Å². The number of hydrogen-bond donors (Lipinski definition) is 3. The zero-order chi connectivity index (χ0) is 25.7. The van der Waals surface area contributed by atoms with E-state index in [2.05, 4.69) is 30.9 Å². The molecule has 4 rings (SSSR count). The smallest absolute Gasteiger partial charge is 0.233 e. The average Bonchev–Trinajstić information content (AvgIpc) is 2.85. The second-order valence-electron chi connectivity index (χ2n) is 8.52. The molecule has 3 N–H and O–H groups in total. The lowest BCUT2D eigenvalue weighted by Crippen LogP contribution is -2.34. The topological polar surface area (TPSA) is 127 Å². The number of rotatable bonds is 9. The lowest BCUT2D eigenvalue weighted by atomic mass is 10.1. The minimum Gasteiger partial charge on any atom is -0.494 e. The van der Waals surface area contributed by atoms with Crippen LogP contribution in [0.4, 0.5) is 23.3 Å². The largest absolute Gasteiger partial charge is 0.494 e. The molecule has 36 heavy (non-hydrogen) atoms. The zero-order valence-corrected chi connectivity index (χ0v) is 21.9. The number of nitrogens with zero attached hydrogens (tertiary/aromatic N) is 3. The third-order valence-electron chi connectivity index (χ3n) is 5.68. The number of halogens is 1.